The minimum atomic E-state index is -0.199. The van der Waals surface area contributed by atoms with Gasteiger partial charge in [0, 0.05) is 32.2 Å². The van der Waals surface area contributed by atoms with Crippen LogP contribution in [-0.4, -0.2) is 62.3 Å². The normalized spacial score (nSPS) is 18.9. The fourth-order valence-corrected chi connectivity index (χ4v) is 2.46. The van der Waals surface area contributed by atoms with Gasteiger partial charge >= 0.3 is 6.03 Å². The summed E-state index contributed by atoms with van der Waals surface area (Å²) in [5.74, 6) is 1.33. The van der Waals surface area contributed by atoms with E-state index in [0.29, 0.717) is 17.6 Å². The second-order valence-electron chi connectivity index (χ2n) is 5.89. The average molecular weight is 305 g/mol. The second-order valence-corrected chi connectivity index (χ2v) is 5.89. The van der Waals surface area contributed by atoms with E-state index in [1.54, 1.807) is 7.11 Å². The Labute approximate surface area is 130 Å². The van der Waals surface area contributed by atoms with Gasteiger partial charge in [-0.1, -0.05) is 0 Å². The van der Waals surface area contributed by atoms with Crippen molar-refractivity contribution >= 4 is 17.5 Å². The lowest BCUT2D eigenvalue weighted by Gasteiger charge is -2.33. The van der Waals surface area contributed by atoms with E-state index in [-0.39, 0.29) is 6.03 Å². The number of rotatable bonds is 4. The molecule has 0 bridgehead atoms. The quantitative estimate of drug-likeness (QED) is 0.872. The van der Waals surface area contributed by atoms with E-state index in [2.05, 4.69) is 32.5 Å². The first kappa shape index (κ1) is 14.9. The summed E-state index contributed by atoms with van der Waals surface area (Å²) in [6, 6.07) is 3.91. The molecule has 1 aliphatic heterocycles. The molecule has 2 amide bonds. The molecule has 1 aromatic rings. The summed E-state index contributed by atoms with van der Waals surface area (Å²) >= 11 is 0. The molecule has 2 aliphatic rings. The first-order valence-electron chi connectivity index (χ1n) is 7.72. The average Bonchev–Trinajstić information content (AvgIpc) is 3.32. The third-order valence-electron chi connectivity index (χ3n) is 4.03. The summed E-state index contributed by atoms with van der Waals surface area (Å²) in [4.78, 5) is 20.9. The molecule has 2 heterocycles. The van der Waals surface area contributed by atoms with Crippen molar-refractivity contribution in [2.24, 2.45) is 0 Å². The van der Waals surface area contributed by atoms with Crippen LogP contribution in [0.1, 0.15) is 12.8 Å². The van der Waals surface area contributed by atoms with Crippen LogP contribution in [0.2, 0.25) is 0 Å². The second kappa shape index (κ2) is 6.39. The third kappa shape index (κ3) is 3.59. The number of likely N-dealkylation sites (N-methyl/N-ethyl adjacent to an activating group) is 1. The van der Waals surface area contributed by atoms with Gasteiger partial charge in [-0.2, -0.15) is 4.98 Å². The zero-order valence-electron chi connectivity index (χ0n) is 13.1. The Kier molecular flexibility index (Phi) is 4.33. The molecular weight excluding hydrogens is 282 g/mol. The van der Waals surface area contributed by atoms with E-state index >= 15 is 0 Å². The standard InChI is InChI=1S/C15H23N5O2/c1-19-7-9-20(10-8-19)13-6-5-12(14(18-13)22-2)17-15(21)16-11-3-4-11/h5-6,11H,3-4,7-10H2,1-2H3,(H2,16,17,21). The largest absolute Gasteiger partial charge is 0.479 e. The highest BCUT2D eigenvalue weighted by Gasteiger charge is 2.24. The molecule has 2 fully saturated rings. The highest BCUT2D eigenvalue weighted by atomic mass is 16.5. The number of carbonyl (C=O) groups is 1. The van der Waals surface area contributed by atoms with Crippen LogP contribution >= 0.6 is 0 Å². The molecule has 1 aromatic heterocycles. The van der Waals surface area contributed by atoms with E-state index in [1.165, 1.54) is 0 Å². The summed E-state index contributed by atoms with van der Waals surface area (Å²) in [7, 11) is 3.69. The number of nitrogens with zero attached hydrogens (tertiary/aromatic N) is 3. The van der Waals surface area contributed by atoms with E-state index in [0.717, 1.165) is 44.8 Å². The van der Waals surface area contributed by atoms with E-state index in [4.69, 9.17) is 4.74 Å². The Morgan fingerprint density at radius 1 is 1.27 bits per heavy atom. The van der Waals surface area contributed by atoms with Crippen molar-refractivity contribution in [1.82, 2.24) is 15.2 Å². The van der Waals surface area contributed by atoms with Crippen molar-refractivity contribution in [3.63, 3.8) is 0 Å². The van der Waals surface area contributed by atoms with Crippen molar-refractivity contribution in [3.05, 3.63) is 12.1 Å². The summed E-state index contributed by atoms with van der Waals surface area (Å²) in [5.41, 5.74) is 0.596. The number of amides is 2. The Morgan fingerprint density at radius 3 is 2.64 bits per heavy atom. The number of hydrogen-bond acceptors (Lipinski definition) is 5. The summed E-state index contributed by atoms with van der Waals surface area (Å²) in [6.07, 6.45) is 2.12. The Morgan fingerprint density at radius 2 is 2.00 bits per heavy atom. The lowest BCUT2D eigenvalue weighted by molar-refractivity contribution is 0.251. The topological polar surface area (TPSA) is 69.7 Å². The van der Waals surface area contributed by atoms with Crippen molar-refractivity contribution < 1.29 is 9.53 Å². The Balaban J connectivity index is 1.68. The predicted octanol–water partition coefficient (Wildman–Crippen LogP) is 1.13. The van der Waals surface area contributed by atoms with Gasteiger partial charge in [-0.25, -0.2) is 4.79 Å². The summed E-state index contributed by atoms with van der Waals surface area (Å²) in [6.45, 7) is 3.94. The molecule has 1 saturated heterocycles. The van der Waals surface area contributed by atoms with Crippen molar-refractivity contribution in [1.29, 1.82) is 0 Å². The van der Waals surface area contributed by atoms with E-state index in [9.17, 15) is 4.79 Å². The van der Waals surface area contributed by atoms with Gasteiger partial charge < -0.3 is 25.2 Å². The van der Waals surface area contributed by atoms with E-state index in [1.807, 2.05) is 12.1 Å². The van der Waals surface area contributed by atoms with Gasteiger partial charge in [-0.05, 0) is 32.0 Å². The van der Waals surface area contributed by atoms with Crippen LogP contribution in [0.25, 0.3) is 0 Å². The lowest BCUT2D eigenvalue weighted by atomic mass is 10.3. The fraction of sp³-hybridized carbons (Fsp3) is 0.600. The minimum absolute atomic E-state index is 0.199. The SMILES string of the molecule is COc1nc(N2CCN(C)CC2)ccc1NC(=O)NC1CC1. The number of anilines is 2. The maximum atomic E-state index is 11.8. The molecular formula is C15H23N5O2. The van der Waals surface area contributed by atoms with Gasteiger partial charge in [0.25, 0.3) is 0 Å². The van der Waals surface area contributed by atoms with Crippen LogP contribution in [0.15, 0.2) is 12.1 Å². The van der Waals surface area contributed by atoms with Crippen LogP contribution < -0.4 is 20.3 Å². The molecule has 120 valence electrons. The number of piperazine rings is 1. The van der Waals surface area contributed by atoms with Crippen molar-refractivity contribution in [3.8, 4) is 5.88 Å². The molecule has 0 aromatic carbocycles. The highest BCUT2D eigenvalue weighted by molar-refractivity contribution is 5.91. The predicted molar refractivity (Wildman–Crippen MR) is 85.7 cm³/mol. The minimum Gasteiger partial charge on any atom is -0.479 e. The Hall–Kier alpha value is -2.02. The molecule has 0 radical (unpaired) electrons. The number of hydrogen-bond donors (Lipinski definition) is 2. The van der Waals surface area contributed by atoms with Gasteiger partial charge in [-0.3, -0.25) is 0 Å². The number of methoxy groups -OCH3 is 1. The van der Waals surface area contributed by atoms with Gasteiger partial charge in [0.05, 0.1) is 7.11 Å². The Bertz CT molecular complexity index is 539. The molecule has 7 heteroatoms. The highest BCUT2D eigenvalue weighted by Crippen LogP contribution is 2.26. The number of aromatic nitrogens is 1. The van der Waals surface area contributed by atoms with Gasteiger partial charge in [0.15, 0.2) is 0 Å². The smallest absolute Gasteiger partial charge is 0.319 e. The summed E-state index contributed by atoms with van der Waals surface area (Å²) < 4.78 is 5.33. The van der Waals surface area contributed by atoms with Crippen LogP contribution in [0.5, 0.6) is 5.88 Å². The zero-order valence-corrected chi connectivity index (χ0v) is 13.1. The molecule has 7 nitrogen and oxygen atoms in total. The molecule has 3 rings (SSSR count). The fourth-order valence-electron chi connectivity index (χ4n) is 2.46. The lowest BCUT2D eigenvalue weighted by Crippen LogP contribution is -2.44. The molecule has 1 aliphatic carbocycles. The van der Waals surface area contributed by atoms with Gasteiger partial charge in [-0.15, -0.1) is 0 Å². The molecule has 0 atom stereocenters. The number of ether oxygens (including phenoxy) is 1. The van der Waals surface area contributed by atoms with Crippen LogP contribution in [0, 0.1) is 0 Å². The number of nitrogens with one attached hydrogen (secondary N) is 2. The maximum Gasteiger partial charge on any atom is 0.319 e. The van der Waals surface area contributed by atoms with Crippen LogP contribution in [0.4, 0.5) is 16.3 Å². The molecule has 1 saturated carbocycles. The number of urea groups is 1. The monoisotopic (exact) mass is 305 g/mol. The molecule has 0 spiro atoms. The zero-order chi connectivity index (χ0) is 15.5. The van der Waals surface area contributed by atoms with Crippen molar-refractivity contribution in [2.45, 2.75) is 18.9 Å². The third-order valence-corrected chi connectivity index (χ3v) is 4.03. The van der Waals surface area contributed by atoms with Gasteiger partial charge in [0.1, 0.15) is 11.5 Å². The molecule has 0 unspecified atom stereocenters. The first-order chi connectivity index (χ1) is 10.7. The summed E-state index contributed by atoms with van der Waals surface area (Å²) in [5, 5.41) is 5.69. The van der Waals surface area contributed by atoms with Crippen LogP contribution in [-0.2, 0) is 0 Å². The molecule has 22 heavy (non-hydrogen) atoms. The number of pyridine rings is 1. The molecule has 2 N–H and O–H groups in total. The number of carbonyl (C=O) groups excluding carboxylic acids is 1. The van der Waals surface area contributed by atoms with Gasteiger partial charge in [0.2, 0.25) is 5.88 Å². The first-order valence-corrected chi connectivity index (χ1v) is 7.72. The van der Waals surface area contributed by atoms with Crippen molar-refractivity contribution in [2.75, 3.05) is 50.6 Å². The van der Waals surface area contributed by atoms with Crippen LogP contribution in [0.3, 0.4) is 0 Å². The van der Waals surface area contributed by atoms with E-state index < -0.39 is 0 Å². The maximum absolute atomic E-state index is 11.8.